The van der Waals surface area contributed by atoms with Crippen LogP contribution in [0, 0.1) is 0 Å². The molecule has 0 aromatic carbocycles. The van der Waals surface area contributed by atoms with Crippen molar-refractivity contribution in [3.63, 3.8) is 0 Å². The summed E-state index contributed by atoms with van der Waals surface area (Å²) < 4.78 is 5.65. The SMILES string of the molecule is CC1CCCc2[se]nnc21. The van der Waals surface area contributed by atoms with Gasteiger partial charge in [-0.2, -0.15) is 0 Å². The van der Waals surface area contributed by atoms with Crippen LogP contribution in [0.3, 0.4) is 0 Å². The molecule has 0 amide bonds. The third kappa shape index (κ3) is 0.938. The van der Waals surface area contributed by atoms with Gasteiger partial charge in [0.1, 0.15) is 0 Å². The van der Waals surface area contributed by atoms with E-state index in [1.54, 1.807) is 4.44 Å². The van der Waals surface area contributed by atoms with Crippen LogP contribution in [-0.4, -0.2) is 23.9 Å². The molecule has 0 bridgehead atoms. The van der Waals surface area contributed by atoms with Crippen molar-refractivity contribution in [2.75, 3.05) is 0 Å². The van der Waals surface area contributed by atoms with E-state index in [4.69, 9.17) is 0 Å². The second kappa shape index (κ2) is 2.48. The summed E-state index contributed by atoms with van der Waals surface area (Å²) in [5, 5.41) is 4.17. The summed E-state index contributed by atoms with van der Waals surface area (Å²) in [6.07, 6.45) is 3.94. The Morgan fingerprint density at radius 1 is 1.60 bits per heavy atom. The molecule has 0 aliphatic heterocycles. The molecule has 3 heteroatoms. The van der Waals surface area contributed by atoms with Gasteiger partial charge in [0.25, 0.3) is 0 Å². The molecule has 0 radical (unpaired) electrons. The fourth-order valence-electron chi connectivity index (χ4n) is 1.47. The molecule has 54 valence electrons. The Bertz CT molecular complexity index is 231. The van der Waals surface area contributed by atoms with E-state index in [0.29, 0.717) is 20.7 Å². The number of nitrogens with zero attached hydrogens (tertiary/aromatic N) is 2. The quantitative estimate of drug-likeness (QED) is 0.584. The van der Waals surface area contributed by atoms with Crippen LogP contribution < -0.4 is 0 Å². The molecule has 1 aromatic heterocycles. The van der Waals surface area contributed by atoms with Crippen LogP contribution in [0.2, 0.25) is 0 Å². The summed E-state index contributed by atoms with van der Waals surface area (Å²) in [6.45, 7) is 2.26. The Kier molecular flexibility index (Phi) is 1.63. The number of aromatic nitrogens is 2. The molecular formula is C7H10N2Se. The molecule has 0 fully saturated rings. The molecule has 1 aromatic rings. The second-order valence-corrected chi connectivity index (χ2v) is 4.63. The third-order valence-electron chi connectivity index (χ3n) is 2.09. The van der Waals surface area contributed by atoms with Crippen molar-refractivity contribution in [1.82, 2.24) is 9.19 Å². The van der Waals surface area contributed by atoms with Crippen LogP contribution in [0.5, 0.6) is 0 Å². The van der Waals surface area contributed by atoms with Crippen molar-refractivity contribution >= 4 is 14.7 Å². The van der Waals surface area contributed by atoms with E-state index in [-0.39, 0.29) is 0 Å². The number of aryl methyl sites for hydroxylation is 1. The molecule has 1 unspecified atom stereocenters. The summed E-state index contributed by atoms with van der Waals surface area (Å²) >= 11 is 0.379. The van der Waals surface area contributed by atoms with Gasteiger partial charge in [-0.15, -0.1) is 0 Å². The molecule has 2 nitrogen and oxygen atoms in total. The van der Waals surface area contributed by atoms with Gasteiger partial charge in [0.15, 0.2) is 0 Å². The third-order valence-corrected chi connectivity index (χ3v) is 3.77. The molecule has 1 atom stereocenters. The van der Waals surface area contributed by atoms with Gasteiger partial charge in [0.05, 0.1) is 0 Å². The van der Waals surface area contributed by atoms with Gasteiger partial charge in [-0.3, -0.25) is 0 Å². The Balaban J connectivity index is 2.41. The van der Waals surface area contributed by atoms with E-state index < -0.39 is 0 Å². The fraction of sp³-hybridized carbons (Fsp3) is 0.714. The topological polar surface area (TPSA) is 25.8 Å². The summed E-state index contributed by atoms with van der Waals surface area (Å²) in [6, 6.07) is 0. The van der Waals surface area contributed by atoms with Crippen LogP contribution in [-0.2, 0) is 6.42 Å². The zero-order valence-corrected chi connectivity index (χ0v) is 7.71. The van der Waals surface area contributed by atoms with Crippen LogP contribution >= 0.6 is 0 Å². The van der Waals surface area contributed by atoms with Crippen LogP contribution in [0.25, 0.3) is 0 Å². The molecule has 1 heterocycles. The van der Waals surface area contributed by atoms with E-state index in [2.05, 4.69) is 16.1 Å². The molecule has 0 N–H and O–H groups in total. The van der Waals surface area contributed by atoms with Crippen molar-refractivity contribution in [2.24, 2.45) is 0 Å². The van der Waals surface area contributed by atoms with E-state index in [1.807, 2.05) is 0 Å². The van der Waals surface area contributed by atoms with E-state index in [9.17, 15) is 0 Å². The van der Waals surface area contributed by atoms with E-state index in [1.165, 1.54) is 25.0 Å². The Labute approximate surface area is 66.6 Å². The average Bonchev–Trinajstić information content (AvgIpc) is 2.36. The molecule has 1 aliphatic carbocycles. The van der Waals surface area contributed by atoms with Crippen LogP contribution in [0.4, 0.5) is 0 Å². The first kappa shape index (κ1) is 6.56. The van der Waals surface area contributed by atoms with Crippen LogP contribution in [0.15, 0.2) is 0 Å². The standard InChI is InChI=1S/C7H10N2Se/c1-5-3-2-4-6-7(5)8-9-10-6/h5H,2-4H2,1H3. The average molecular weight is 201 g/mol. The first-order valence-electron chi connectivity index (χ1n) is 3.69. The monoisotopic (exact) mass is 202 g/mol. The van der Waals surface area contributed by atoms with E-state index in [0.717, 1.165) is 0 Å². The molecule has 0 saturated heterocycles. The second-order valence-electron chi connectivity index (χ2n) is 2.87. The summed E-state index contributed by atoms with van der Waals surface area (Å²) in [5.41, 5.74) is 1.33. The molecular weight excluding hydrogens is 191 g/mol. The van der Waals surface area contributed by atoms with Gasteiger partial charge in [-0.05, 0) is 0 Å². The molecule has 2 rings (SSSR count). The van der Waals surface area contributed by atoms with Crippen LogP contribution in [0.1, 0.15) is 35.8 Å². The predicted octanol–water partition coefficient (Wildman–Crippen LogP) is 0.973. The zero-order chi connectivity index (χ0) is 6.97. The summed E-state index contributed by atoms with van der Waals surface area (Å²) in [4.78, 5) is 0. The molecule has 0 spiro atoms. The van der Waals surface area contributed by atoms with Crippen molar-refractivity contribution in [3.05, 3.63) is 10.1 Å². The zero-order valence-electron chi connectivity index (χ0n) is 6.00. The normalized spacial score (nSPS) is 24.3. The number of hydrogen-bond acceptors (Lipinski definition) is 2. The summed E-state index contributed by atoms with van der Waals surface area (Å²) in [5.74, 6) is 0.692. The minimum absolute atomic E-state index is 0.379. The van der Waals surface area contributed by atoms with Gasteiger partial charge in [0, 0.05) is 0 Å². The maximum absolute atomic E-state index is 4.17. The predicted molar refractivity (Wildman–Crippen MR) is 40.3 cm³/mol. The first-order chi connectivity index (χ1) is 4.88. The number of rotatable bonds is 0. The van der Waals surface area contributed by atoms with Gasteiger partial charge in [0.2, 0.25) is 0 Å². The molecule has 10 heavy (non-hydrogen) atoms. The Morgan fingerprint density at radius 3 is 3.30 bits per heavy atom. The Hall–Kier alpha value is -0.141. The Morgan fingerprint density at radius 2 is 2.50 bits per heavy atom. The number of hydrogen-bond donors (Lipinski definition) is 0. The maximum atomic E-state index is 4.17. The summed E-state index contributed by atoms with van der Waals surface area (Å²) in [7, 11) is 0. The van der Waals surface area contributed by atoms with Gasteiger partial charge in [-0.25, -0.2) is 0 Å². The van der Waals surface area contributed by atoms with Crippen molar-refractivity contribution in [2.45, 2.75) is 32.1 Å². The van der Waals surface area contributed by atoms with E-state index >= 15 is 0 Å². The van der Waals surface area contributed by atoms with Crippen molar-refractivity contribution < 1.29 is 0 Å². The van der Waals surface area contributed by atoms with Crippen molar-refractivity contribution in [1.29, 1.82) is 0 Å². The van der Waals surface area contributed by atoms with Gasteiger partial charge >= 0.3 is 66.2 Å². The first-order valence-corrected chi connectivity index (χ1v) is 5.31. The van der Waals surface area contributed by atoms with Gasteiger partial charge < -0.3 is 0 Å². The van der Waals surface area contributed by atoms with Crippen molar-refractivity contribution in [3.8, 4) is 0 Å². The molecule has 0 saturated carbocycles. The minimum atomic E-state index is 0.379. The fourth-order valence-corrected chi connectivity index (χ4v) is 3.14. The van der Waals surface area contributed by atoms with Gasteiger partial charge in [-0.1, -0.05) is 0 Å². The number of fused-ring (bicyclic) bond motifs is 1. The molecule has 1 aliphatic rings.